The van der Waals surface area contributed by atoms with E-state index in [1.165, 1.54) is 0 Å². The van der Waals surface area contributed by atoms with Gasteiger partial charge >= 0.3 is 0 Å². The zero-order chi connectivity index (χ0) is 21.1. The highest BCUT2D eigenvalue weighted by molar-refractivity contribution is 5.99. The first kappa shape index (κ1) is 20.5. The fourth-order valence-electron chi connectivity index (χ4n) is 3.26. The van der Waals surface area contributed by atoms with Crippen molar-refractivity contribution in [2.45, 2.75) is 39.3 Å². The average Bonchev–Trinajstić information content (AvgIpc) is 3.03. The Labute approximate surface area is 169 Å². The van der Waals surface area contributed by atoms with Crippen LogP contribution in [0.5, 0.6) is 0 Å². The Morgan fingerprint density at radius 3 is 2.62 bits per heavy atom. The minimum Gasteiger partial charge on any atom is -0.364 e. The van der Waals surface area contributed by atoms with E-state index < -0.39 is 5.91 Å². The molecule has 9 heteroatoms. The summed E-state index contributed by atoms with van der Waals surface area (Å²) in [6, 6.07) is 7.71. The number of carbonyl (C=O) groups is 1. The van der Waals surface area contributed by atoms with Crippen molar-refractivity contribution in [3.8, 4) is 0 Å². The topological polar surface area (TPSA) is 137 Å². The SMILES string of the molecule is CC(C)C[C@@H](Nc1nnc(C(N)=O)c(Nc2cccc3c2ccn3C)n1)[C@H](C)N. The van der Waals surface area contributed by atoms with Crippen LogP contribution in [0.3, 0.4) is 0 Å². The molecule has 3 aromatic rings. The van der Waals surface area contributed by atoms with Gasteiger partial charge in [0.1, 0.15) is 0 Å². The molecule has 1 aromatic carbocycles. The Balaban J connectivity index is 1.96. The lowest BCUT2D eigenvalue weighted by Crippen LogP contribution is -2.39. The second-order valence-electron chi connectivity index (χ2n) is 7.73. The first-order valence-electron chi connectivity index (χ1n) is 9.64. The predicted molar refractivity (Wildman–Crippen MR) is 115 cm³/mol. The molecule has 0 aliphatic heterocycles. The van der Waals surface area contributed by atoms with Gasteiger partial charge in [0.15, 0.2) is 11.5 Å². The number of carbonyl (C=O) groups excluding carboxylic acids is 1. The van der Waals surface area contributed by atoms with Crippen LogP contribution in [0.4, 0.5) is 17.5 Å². The molecule has 0 fully saturated rings. The third kappa shape index (κ3) is 4.62. The molecule has 154 valence electrons. The summed E-state index contributed by atoms with van der Waals surface area (Å²) >= 11 is 0. The second-order valence-corrected chi connectivity index (χ2v) is 7.73. The summed E-state index contributed by atoms with van der Waals surface area (Å²) in [5, 5.41) is 15.4. The number of fused-ring (bicyclic) bond motifs is 1. The second kappa shape index (κ2) is 8.44. The lowest BCUT2D eigenvalue weighted by molar-refractivity contribution is 0.0995. The number of hydrogen-bond donors (Lipinski definition) is 4. The van der Waals surface area contributed by atoms with Crippen LogP contribution in [-0.4, -0.2) is 37.7 Å². The molecule has 0 saturated carbocycles. The summed E-state index contributed by atoms with van der Waals surface area (Å²) in [6.07, 6.45) is 2.82. The molecular weight excluding hydrogens is 368 g/mol. The first-order valence-corrected chi connectivity index (χ1v) is 9.64. The van der Waals surface area contributed by atoms with Crippen molar-refractivity contribution in [1.29, 1.82) is 0 Å². The molecule has 0 aliphatic rings. The lowest BCUT2D eigenvalue weighted by atomic mass is 9.99. The van der Waals surface area contributed by atoms with Crippen molar-refractivity contribution in [3.63, 3.8) is 0 Å². The Kier molecular flexibility index (Phi) is 5.97. The highest BCUT2D eigenvalue weighted by atomic mass is 16.1. The molecule has 0 saturated heterocycles. The Morgan fingerprint density at radius 1 is 1.21 bits per heavy atom. The van der Waals surface area contributed by atoms with Crippen LogP contribution in [0.15, 0.2) is 30.5 Å². The monoisotopic (exact) mass is 396 g/mol. The maximum atomic E-state index is 11.9. The van der Waals surface area contributed by atoms with Crippen LogP contribution in [-0.2, 0) is 7.05 Å². The summed E-state index contributed by atoms with van der Waals surface area (Å²) in [5.74, 6) is 0.287. The number of benzene rings is 1. The number of nitrogens with zero attached hydrogens (tertiary/aromatic N) is 4. The predicted octanol–water partition coefficient (Wildman–Crippen LogP) is 2.38. The summed E-state index contributed by atoms with van der Waals surface area (Å²) in [6.45, 7) is 6.18. The van der Waals surface area contributed by atoms with Gasteiger partial charge in [-0.3, -0.25) is 4.79 Å². The van der Waals surface area contributed by atoms with E-state index in [1.54, 1.807) is 0 Å². The van der Waals surface area contributed by atoms with Gasteiger partial charge in [-0.25, -0.2) is 0 Å². The van der Waals surface area contributed by atoms with E-state index in [0.717, 1.165) is 23.0 Å². The van der Waals surface area contributed by atoms with Crippen LogP contribution in [0.25, 0.3) is 10.9 Å². The maximum Gasteiger partial charge on any atom is 0.273 e. The lowest BCUT2D eigenvalue weighted by Gasteiger charge is -2.24. The van der Waals surface area contributed by atoms with E-state index in [9.17, 15) is 4.79 Å². The Bertz CT molecular complexity index is 1010. The zero-order valence-electron chi connectivity index (χ0n) is 17.2. The number of hydrogen-bond acceptors (Lipinski definition) is 7. The minimum absolute atomic E-state index is 0.0234. The molecule has 9 nitrogen and oxygen atoms in total. The maximum absolute atomic E-state index is 11.9. The van der Waals surface area contributed by atoms with Crippen LogP contribution in [0.1, 0.15) is 37.7 Å². The molecule has 0 radical (unpaired) electrons. The van der Waals surface area contributed by atoms with Gasteiger partial charge in [0.25, 0.3) is 5.91 Å². The van der Waals surface area contributed by atoms with Crippen LogP contribution < -0.4 is 22.1 Å². The third-order valence-electron chi connectivity index (χ3n) is 4.78. The normalized spacial score (nSPS) is 13.4. The van der Waals surface area contributed by atoms with Crippen molar-refractivity contribution in [1.82, 2.24) is 19.7 Å². The van der Waals surface area contributed by atoms with Gasteiger partial charge in [-0.2, -0.15) is 4.98 Å². The number of primary amides is 1. The van der Waals surface area contributed by atoms with Crippen LogP contribution >= 0.6 is 0 Å². The average molecular weight is 396 g/mol. The molecule has 0 aliphatic carbocycles. The summed E-state index contributed by atoms with van der Waals surface area (Å²) in [4.78, 5) is 16.3. The minimum atomic E-state index is -0.704. The molecule has 0 unspecified atom stereocenters. The van der Waals surface area contributed by atoms with E-state index in [0.29, 0.717) is 11.9 Å². The van der Waals surface area contributed by atoms with Crippen molar-refractivity contribution >= 4 is 34.3 Å². The first-order chi connectivity index (χ1) is 13.8. The fourth-order valence-corrected chi connectivity index (χ4v) is 3.26. The number of nitrogens with two attached hydrogens (primary N) is 2. The molecule has 0 bridgehead atoms. The largest absolute Gasteiger partial charge is 0.364 e. The Morgan fingerprint density at radius 2 is 1.97 bits per heavy atom. The van der Waals surface area contributed by atoms with E-state index in [4.69, 9.17) is 11.5 Å². The molecule has 0 spiro atoms. The highest BCUT2D eigenvalue weighted by Gasteiger charge is 2.20. The van der Waals surface area contributed by atoms with E-state index in [2.05, 4.69) is 39.7 Å². The van der Waals surface area contributed by atoms with Crippen LogP contribution in [0, 0.1) is 5.92 Å². The van der Waals surface area contributed by atoms with Gasteiger partial charge in [0.05, 0.1) is 0 Å². The number of rotatable bonds is 8. The number of aryl methyl sites for hydroxylation is 1. The number of nitrogens with one attached hydrogen (secondary N) is 2. The van der Waals surface area contributed by atoms with Crippen molar-refractivity contribution < 1.29 is 4.79 Å². The van der Waals surface area contributed by atoms with Gasteiger partial charge in [-0.15, -0.1) is 10.2 Å². The molecule has 6 N–H and O–H groups in total. The highest BCUT2D eigenvalue weighted by Crippen LogP contribution is 2.27. The van der Waals surface area contributed by atoms with Gasteiger partial charge in [0.2, 0.25) is 5.95 Å². The van der Waals surface area contributed by atoms with Crippen molar-refractivity contribution in [3.05, 3.63) is 36.2 Å². The zero-order valence-corrected chi connectivity index (χ0v) is 17.2. The molecule has 2 atom stereocenters. The molecule has 29 heavy (non-hydrogen) atoms. The Hall–Kier alpha value is -3.20. The van der Waals surface area contributed by atoms with E-state index in [1.807, 2.05) is 49.0 Å². The van der Waals surface area contributed by atoms with Crippen molar-refractivity contribution in [2.24, 2.45) is 24.4 Å². The van der Waals surface area contributed by atoms with E-state index >= 15 is 0 Å². The van der Waals surface area contributed by atoms with Crippen molar-refractivity contribution in [2.75, 3.05) is 10.6 Å². The number of anilines is 3. The van der Waals surface area contributed by atoms with Gasteiger partial charge in [-0.05, 0) is 37.5 Å². The molecule has 3 rings (SSSR count). The summed E-state index contributed by atoms with van der Waals surface area (Å²) in [7, 11) is 1.97. The number of amides is 1. The number of aromatic nitrogens is 4. The van der Waals surface area contributed by atoms with E-state index in [-0.39, 0.29) is 23.6 Å². The fraction of sp³-hybridized carbons (Fsp3) is 0.400. The quantitative estimate of drug-likeness (QED) is 0.459. The molecule has 2 heterocycles. The summed E-state index contributed by atoms with van der Waals surface area (Å²) < 4.78 is 2.01. The third-order valence-corrected chi connectivity index (χ3v) is 4.78. The summed E-state index contributed by atoms with van der Waals surface area (Å²) in [5.41, 5.74) is 13.4. The molecule has 1 amide bonds. The van der Waals surface area contributed by atoms with Gasteiger partial charge in [-0.1, -0.05) is 19.9 Å². The van der Waals surface area contributed by atoms with Gasteiger partial charge in [0, 0.05) is 41.9 Å². The smallest absolute Gasteiger partial charge is 0.273 e. The standard InChI is InChI=1S/C20H28N8O/c1-11(2)10-15(12(3)21)24-20-25-19(17(18(22)29)26-27-20)23-14-6-5-7-16-13(14)8-9-28(16)4/h5-9,11-12,15H,10,21H2,1-4H3,(H2,22,29)(H2,23,24,25,27)/t12-,15+/m0/s1. The van der Waals surface area contributed by atoms with Crippen LogP contribution in [0.2, 0.25) is 0 Å². The van der Waals surface area contributed by atoms with Gasteiger partial charge < -0.3 is 26.7 Å². The molecular formula is C20H28N8O. The molecule has 2 aromatic heterocycles.